The molecule has 0 spiro atoms. The van der Waals surface area contributed by atoms with Gasteiger partial charge >= 0.3 is 0 Å². The summed E-state index contributed by atoms with van der Waals surface area (Å²) in [5.74, 6) is 1.02. The first-order chi connectivity index (χ1) is 9.43. The fourth-order valence-electron chi connectivity index (χ4n) is 3.32. The quantitative estimate of drug-likeness (QED) is 0.776. The zero-order valence-corrected chi connectivity index (χ0v) is 13.7. The molecule has 2 nitrogen and oxygen atoms in total. The zero-order chi connectivity index (χ0) is 14.8. The number of nitrogens with one attached hydrogen (secondary N) is 1. The molecular weight excluding hydrogens is 246 g/mol. The maximum absolute atomic E-state index is 5.52. The van der Waals surface area contributed by atoms with Crippen LogP contribution < -0.4 is 10.1 Å². The van der Waals surface area contributed by atoms with Gasteiger partial charge in [0.15, 0.2) is 0 Å². The lowest BCUT2D eigenvalue weighted by Gasteiger charge is -2.23. The predicted molar refractivity (Wildman–Crippen MR) is 86.7 cm³/mol. The fourth-order valence-corrected chi connectivity index (χ4v) is 3.32. The van der Waals surface area contributed by atoms with Gasteiger partial charge in [0.1, 0.15) is 5.75 Å². The second-order valence-corrected chi connectivity index (χ2v) is 7.02. The second-order valence-electron chi connectivity index (χ2n) is 7.02. The van der Waals surface area contributed by atoms with E-state index < -0.39 is 0 Å². The van der Waals surface area contributed by atoms with Crippen LogP contribution in [0.25, 0.3) is 0 Å². The highest BCUT2D eigenvalue weighted by Gasteiger charge is 2.24. The Bertz CT molecular complexity index is 465. The summed E-state index contributed by atoms with van der Waals surface area (Å²) in [5, 5.41) is 3.75. The monoisotopic (exact) mass is 275 g/mol. The highest BCUT2D eigenvalue weighted by Crippen LogP contribution is 2.36. The van der Waals surface area contributed by atoms with Crippen LogP contribution in [0.4, 0.5) is 5.69 Å². The van der Waals surface area contributed by atoms with Crippen LogP contribution in [0.15, 0.2) is 12.1 Å². The summed E-state index contributed by atoms with van der Waals surface area (Å²) in [6, 6.07) is 4.95. The summed E-state index contributed by atoms with van der Waals surface area (Å²) in [5.41, 5.74) is 4.18. The molecule has 1 fully saturated rings. The van der Waals surface area contributed by atoms with Crippen molar-refractivity contribution in [2.75, 3.05) is 12.4 Å². The van der Waals surface area contributed by atoms with Crippen LogP contribution in [0, 0.1) is 19.3 Å². The third kappa shape index (κ3) is 3.47. The van der Waals surface area contributed by atoms with E-state index in [9.17, 15) is 0 Å². The molecule has 0 bridgehead atoms. The van der Waals surface area contributed by atoms with Gasteiger partial charge in [-0.15, -0.1) is 0 Å². The fraction of sp³-hybridized carbons (Fsp3) is 0.667. The van der Waals surface area contributed by atoms with E-state index in [1.165, 1.54) is 48.9 Å². The average molecular weight is 275 g/mol. The lowest BCUT2D eigenvalue weighted by atomic mass is 9.85. The van der Waals surface area contributed by atoms with Gasteiger partial charge in [0, 0.05) is 17.3 Å². The summed E-state index contributed by atoms with van der Waals surface area (Å²) in [6.07, 6.45) is 6.53. The number of rotatable bonds is 3. The minimum Gasteiger partial charge on any atom is -0.496 e. The lowest BCUT2D eigenvalue weighted by molar-refractivity contribution is 0.313. The lowest BCUT2D eigenvalue weighted by Crippen LogP contribution is -2.20. The molecule has 0 aromatic heterocycles. The van der Waals surface area contributed by atoms with Crippen molar-refractivity contribution in [3.05, 3.63) is 23.3 Å². The van der Waals surface area contributed by atoms with Crippen molar-refractivity contribution in [3.8, 4) is 5.75 Å². The third-order valence-electron chi connectivity index (χ3n) is 4.74. The van der Waals surface area contributed by atoms with Crippen LogP contribution >= 0.6 is 0 Å². The van der Waals surface area contributed by atoms with Gasteiger partial charge in [-0.2, -0.15) is 0 Å². The largest absolute Gasteiger partial charge is 0.496 e. The van der Waals surface area contributed by atoms with E-state index in [1.54, 1.807) is 7.11 Å². The first kappa shape index (κ1) is 15.2. The summed E-state index contributed by atoms with van der Waals surface area (Å²) in [6.45, 7) is 9.05. The molecule has 1 aliphatic rings. The van der Waals surface area contributed by atoms with E-state index >= 15 is 0 Å². The molecule has 0 saturated heterocycles. The first-order valence-corrected chi connectivity index (χ1v) is 7.84. The maximum Gasteiger partial charge on any atom is 0.126 e. The molecule has 0 aliphatic heterocycles. The van der Waals surface area contributed by atoms with E-state index in [0.717, 1.165) is 5.75 Å². The van der Waals surface area contributed by atoms with Crippen LogP contribution in [-0.4, -0.2) is 13.2 Å². The number of methoxy groups -OCH3 is 1. The number of benzene rings is 1. The van der Waals surface area contributed by atoms with Gasteiger partial charge in [-0.25, -0.2) is 0 Å². The van der Waals surface area contributed by atoms with Gasteiger partial charge in [-0.05, 0) is 56.6 Å². The Morgan fingerprint density at radius 2 is 1.90 bits per heavy atom. The van der Waals surface area contributed by atoms with Crippen molar-refractivity contribution in [3.63, 3.8) is 0 Å². The molecule has 1 unspecified atom stereocenters. The Morgan fingerprint density at radius 3 is 2.60 bits per heavy atom. The smallest absolute Gasteiger partial charge is 0.126 e. The van der Waals surface area contributed by atoms with Crippen molar-refractivity contribution < 1.29 is 4.74 Å². The Labute approximate surface area is 123 Å². The molecule has 1 aromatic carbocycles. The molecule has 1 atom stereocenters. The summed E-state index contributed by atoms with van der Waals surface area (Å²) in [4.78, 5) is 0. The van der Waals surface area contributed by atoms with Gasteiger partial charge in [0.25, 0.3) is 0 Å². The molecule has 1 N–H and O–H groups in total. The molecule has 20 heavy (non-hydrogen) atoms. The topological polar surface area (TPSA) is 21.3 Å². The van der Waals surface area contributed by atoms with E-state index in [1.807, 2.05) is 0 Å². The van der Waals surface area contributed by atoms with Crippen LogP contribution in [0.5, 0.6) is 5.75 Å². The molecule has 2 rings (SSSR count). The van der Waals surface area contributed by atoms with Gasteiger partial charge in [-0.1, -0.05) is 26.3 Å². The average Bonchev–Trinajstić information content (AvgIpc) is 2.55. The van der Waals surface area contributed by atoms with Crippen molar-refractivity contribution in [1.29, 1.82) is 0 Å². The molecule has 0 amide bonds. The minimum absolute atomic E-state index is 0.510. The Kier molecular flexibility index (Phi) is 4.62. The van der Waals surface area contributed by atoms with Gasteiger partial charge < -0.3 is 10.1 Å². The number of hydrogen-bond donors (Lipinski definition) is 1. The van der Waals surface area contributed by atoms with Crippen molar-refractivity contribution >= 4 is 5.69 Å². The van der Waals surface area contributed by atoms with E-state index in [0.29, 0.717) is 11.5 Å². The van der Waals surface area contributed by atoms with Crippen LogP contribution in [0.2, 0.25) is 0 Å². The first-order valence-electron chi connectivity index (χ1n) is 7.84. The van der Waals surface area contributed by atoms with E-state index in [2.05, 4.69) is 45.1 Å². The van der Waals surface area contributed by atoms with Crippen molar-refractivity contribution in [1.82, 2.24) is 0 Å². The van der Waals surface area contributed by atoms with Gasteiger partial charge in [0.2, 0.25) is 0 Å². The minimum atomic E-state index is 0.510. The standard InChI is InChI=1S/C18H29NO/c1-13-8-9-16(14(2)17(13)20-5)19-15-7-6-11-18(3,4)12-10-15/h8-9,15,19H,6-7,10-12H2,1-5H3. The molecule has 1 saturated carbocycles. The SMILES string of the molecule is COc1c(C)ccc(NC2CCCC(C)(C)CC2)c1C. The summed E-state index contributed by atoms with van der Waals surface area (Å²) in [7, 11) is 1.76. The number of hydrogen-bond acceptors (Lipinski definition) is 2. The highest BCUT2D eigenvalue weighted by molar-refractivity contribution is 5.60. The third-order valence-corrected chi connectivity index (χ3v) is 4.74. The number of aryl methyl sites for hydroxylation is 1. The molecule has 1 aromatic rings. The molecule has 112 valence electrons. The molecule has 2 heteroatoms. The predicted octanol–water partition coefficient (Wildman–Crippen LogP) is 5.08. The number of anilines is 1. The molecule has 0 radical (unpaired) electrons. The highest BCUT2D eigenvalue weighted by atomic mass is 16.5. The summed E-state index contributed by atoms with van der Waals surface area (Å²) >= 11 is 0. The second kappa shape index (κ2) is 6.07. The van der Waals surface area contributed by atoms with Crippen LogP contribution in [0.3, 0.4) is 0 Å². The van der Waals surface area contributed by atoms with Crippen LogP contribution in [0.1, 0.15) is 57.1 Å². The Balaban J connectivity index is 2.10. The molecular formula is C18H29NO. The van der Waals surface area contributed by atoms with Crippen LogP contribution in [-0.2, 0) is 0 Å². The molecule has 0 heterocycles. The van der Waals surface area contributed by atoms with Crippen molar-refractivity contribution in [2.45, 2.75) is 65.8 Å². The molecule has 1 aliphatic carbocycles. The Morgan fingerprint density at radius 1 is 1.15 bits per heavy atom. The maximum atomic E-state index is 5.52. The van der Waals surface area contributed by atoms with Crippen molar-refractivity contribution in [2.24, 2.45) is 5.41 Å². The van der Waals surface area contributed by atoms with Gasteiger partial charge in [0.05, 0.1) is 7.11 Å². The van der Waals surface area contributed by atoms with E-state index in [-0.39, 0.29) is 0 Å². The Hall–Kier alpha value is -1.18. The summed E-state index contributed by atoms with van der Waals surface area (Å²) < 4.78 is 5.52. The van der Waals surface area contributed by atoms with Gasteiger partial charge in [-0.3, -0.25) is 0 Å². The van der Waals surface area contributed by atoms with E-state index in [4.69, 9.17) is 4.74 Å². The number of ether oxygens (including phenoxy) is 1. The zero-order valence-electron chi connectivity index (χ0n) is 13.7. The normalized spacial score (nSPS) is 22.1.